The van der Waals surface area contributed by atoms with Gasteiger partial charge in [-0.15, -0.1) is 0 Å². The smallest absolute Gasteiger partial charge is 0.268 e. The van der Waals surface area contributed by atoms with E-state index in [1.165, 1.54) is 24.3 Å². The van der Waals surface area contributed by atoms with E-state index in [1.807, 2.05) is 41.3 Å². The summed E-state index contributed by atoms with van der Waals surface area (Å²) >= 11 is 0. The van der Waals surface area contributed by atoms with Crippen LogP contribution in [-0.2, 0) is 4.79 Å². The van der Waals surface area contributed by atoms with Crippen molar-refractivity contribution < 1.29 is 18.3 Å². The predicted molar refractivity (Wildman–Crippen MR) is 160 cm³/mol. The van der Waals surface area contributed by atoms with Crippen LogP contribution in [0.2, 0.25) is 0 Å². The van der Waals surface area contributed by atoms with Crippen molar-refractivity contribution in [1.29, 1.82) is 0 Å². The summed E-state index contributed by atoms with van der Waals surface area (Å²) in [6.07, 6.45) is 1.99. The highest BCUT2D eigenvalue weighted by Crippen LogP contribution is 2.34. The molecule has 3 aromatic rings. The molecule has 9 heteroatoms. The quantitative estimate of drug-likeness (QED) is 0.293. The minimum Gasteiger partial charge on any atom is -0.478 e. The van der Waals surface area contributed by atoms with Crippen molar-refractivity contribution in [3.8, 4) is 5.75 Å². The molecule has 1 amide bonds. The number of hydrogen-bond acceptors (Lipinski definition) is 6. The number of benzene rings is 3. The van der Waals surface area contributed by atoms with Gasteiger partial charge in [-0.25, -0.2) is 8.78 Å². The van der Waals surface area contributed by atoms with Gasteiger partial charge in [0.05, 0.1) is 5.69 Å². The van der Waals surface area contributed by atoms with E-state index >= 15 is 0 Å². The SMILES string of the molecule is O=C1C(CCN2CCN(c3ccc(F)cc3)CC2)Oc2ccccc2N1CCCCNCCNc1ccc(F)cc1. The second-order valence-electron chi connectivity index (χ2n) is 10.5. The number of para-hydroxylation sites is 2. The molecule has 0 saturated carbocycles. The fraction of sp³-hybridized carbons (Fsp3) is 0.406. The molecule has 218 valence electrons. The number of piperazine rings is 1. The minimum atomic E-state index is -0.490. The van der Waals surface area contributed by atoms with Gasteiger partial charge in [-0.05, 0) is 80.1 Å². The number of unbranched alkanes of at least 4 members (excludes halogenated alkanes) is 1. The molecule has 7 nitrogen and oxygen atoms in total. The van der Waals surface area contributed by atoms with Gasteiger partial charge < -0.3 is 25.2 Å². The van der Waals surface area contributed by atoms with E-state index in [4.69, 9.17) is 4.74 Å². The number of amides is 1. The topological polar surface area (TPSA) is 60.1 Å². The van der Waals surface area contributed by atoms with Crippen LogP contribution in [0.25, 0.3) is 0 Å². The zero-order chi connectivity index (χ0) is 28.4. The first-order chi connectivity index (χ1) is 20.1. The van der Waals surface area contributed by atoms with E-state index in [9.17, 15) is 13.6 Å². The standard InChI is InChI=1S/C32H39F2N5O2/c33-25-7-11-27(12-8-25)36-18-17-35-16-3-4-19-39-29-5-1-2-6-30(29)41-31(32(39)40)15-20-37-21-23-38(24-22-37)28-13-9-26(34)10-14-28/h1-2,5-14,31,35-36H,3-4,15-24H2. The molecule has 0 bridgehead atoms. The molecule has 5 rings (SSSR count). The summed E-state index contributed by atoms with van der Waals surface area (Å²) in [6.45, 7) is 7.39. The van der Waals surface area contributed by atoms with Gasteiger partial charge in [-0.2, -0.15) is 0 Å². The molecule has 2 aliphatic rings. The maximum absolute atomic E-state index is 13.5. The van der Waals surface area contributed by atoms with Crippen LogP contribution in [0.4, 0.5) is 25.8 Å². The third-order valence-electron chi connectivity index (χ3n) is 7.70. The molecule has 0 spiro atoms. The van der Waals surface area contributed by atoms with Gasteiger partial charge >= 0.3 is 0 Å². The van der Waals surface area contributed by atoms with Crippen molar-refractivity contribution >= 4 is 23.0 Å². The molecule has 41 heavy (non-hydrogen) atoms. The molecule has 2 aliphatic heterocycles. The number of rotatable bonds is 13. The first kappa shape index (κ1) is 28.8. The Kier molecular flexibility index (Phi) is 10.0. The fourth-order valence-electron chi connectivity index (χ4n) is 5.38. The van der Waals surface area contributed by atoms with Crippen molar-refractivity contribution in [2.75, 3.05) is 74.0 Å². The van der Waals surface area contributed by atoms with Gasteiger partial charge in [0.25, 0.3) is 5.91 Å². The molecule has 1 atom stereocenters. The second-order valence-corrected chi connectivity index (χ2v) is 10.5. The summed E-state index contributed by atoms with van der Waals surface area (Å²) in [5.41, 5.74) is 2.79. The van der Waals surface area contributed by atoms with Gasteiger partial charge in [0.2, 0.25) is 0 Å². The minimum absolute atomic E-state index is 0.0325. The maximum atomic E-state index is 13.5. The average Bonchev–Trinajstić information content (AvgIpc) is 3.00. The van der Waals surface area contributed by atoms with E-state index in [0.29, 0.717) is 13.0 Å². The van der Waals surface area contributed by atoms with E-state index in [-0.39, 0.29) is 17.5 Å². The highest BCUT2D eigenvalue weighted by molar-refractivity contribution is 6.00. The third-order valence-corrected chi connectivity index (χ3v) is 7.70. The largest absolute Gasteiger partial charge is 0.478 e. The number of hydrogen-bond donors (Lipinski definition) is 2. The number of carbonyl (C=O) groups is 1. The van der Waals surface area contributed by atoms with Crippen molar-refractivity contribution in [3.05, 3.63) is 84.4 Å². The highest BCUT2D eigenvalue weighted by Gasteiger charge is 2.34. The first-order valence-electron chi connectivity index (χ1n) is 14.6. The summed E-state index contributed by atoms with van der Waals surface area (Å²) in [7, 11) is 0. The van der Waals surface area contributed by atoms with E-state index in [0.717, 1.165) is 88.0 Å². The van der Waals surface area contributed by atoms with Crippen LogP contribution in [0.3, 0.4) is 0 Å². The lowest BCUT2D eigenvalue weighted by atomic mass is 10.1. The van der Waals surface area contributed by atoms with Gasteiger partial charge in [0.1, 0.15) is 17.4 Å². The van der Waals surface area contributed by atoms with Gasteiger partial charge in [-0.1, -0.05) is 12.1 Å². The molecule has 3 aromatic carbocycles. The van der Waals surface area contributed by atoms with Gasteiger partial charge in [-0.3, -0.25) is 9.69 Å². The molecule has 0 aromatic heterocycles. The number of anilines is 3. The summed E-state index contributed by atoms with van der Waals surface area (Å²) in [4.78, 5) is 20.0. The molecular formula is C32H39F2N5O2. The number of nitrogens with one attached hydrogen (secondary N) is 2. The van der Waals surface area contributed by atoms with Crippen LogP contribution >= 0.6 is 0 Å². The predicted octanol–water partition coefficient (Wildman–Crippen LogP) is 4.75. The zero-order valence-electron chi connectivity index (χ0n) is 23.4. The molecule has 1 saturated heterocycles. The normalized spacial score (nSPS) is 17.3. The molecule has 1 unspecified atom stereocenters. The van der Waals surface area contributed by atoms with Gasteiger partial charge in [0.15, 0.2) is 6.10 Å². The molecule has 2 heterocycles. The Labute approximate surface area is 241 Å². The lowest BCUT2D eigenvalue weighted by molar-refractivity contribution is -0.126. The summed E-state index contributed by atoms with van der Waals surface area (Å²) in [5.74, 6) is 0.345. The van der Waals surface area contributed by atoms with E-state index in [2.05, 4.69) is 20.4 Å². The first-order valence-corrected chi connectivity index (χ1v) is 14.6. The van der Waals surface area contributed by atoms with Crippen molar-refractivity contribution in [2.24, 2.45) is 0 Å². The number of halogens is 2. The van der Waals surface area contributed by atoms with Crippen LogP contribution < -0.4 is 25.2 Å². The Bertz CT molecular complexity index is 1250. The Hall–Kier alpha value is -3.69. The number of fused-ring (bicyclic) bond motifs is 1. The average molecular weight is 564 g/mol. The van der Waals surface area contributed by atoms with Gasteiger partial charge in [0, 0.05) is 70.2 Å². The van der Waals surface area contributed by atoms with Crippen molar-refractivity contribution in [3.63, 3.8) is 0 Å². The highest BCUT2D eigenvalue weighted by atomic mass is 19.1. The number of nitrogens with zero attached hydrogens (tertiary/aromatic N) is 3. The van der Waals surface area contributed by atoms with E-state index < -0.39 is 6.10 Å². The van der Waals surface area contributed by atoms with Crippen LogP contribution in [0, 0.1) is 11.6 Å². The van der Waals surface area contributed by atoms with Crippen molar-refractivity contribution in [1.82, 2.24) is 10.2 Å². The fourth-order valence-corrected chi connectivity index (χ4v) is 5.38. The number of ether oxygens (including phenoxy) is 1. The Balaban J connectivity index is 1.04. The number of carbonyl (C=O) groups excluding carboxylic acids is 1. The summed E-state index contributed by atoms with van der Waals surface area (Å²) in [6, 6.07) is 20.8. The van der Waals surface area contributed by atoms with Crippen LogP contribution in [0.15, 0.2) is 72.8 Å². The lowest BCUT2D eigenvalue weighted by Crippen LogP contribution is -2.50. The molecule has 0 radical (unpaired) electrons. The third kappa shape index (κ3) is 7.95. The van der Waals surface area contributed by atoms with Crippen LogP contribution in [-0.4, -0.2) is 75.8 Å². The maximum Gasteiger partial charge on any atom is 0.268 e. The van der Waals surface area contributed by atoms with Crippen LogP contribution in [0.5, 0.6) is 5.75 Å². The molecule has 2 N–H and O–H groups in total. The van der Waals surface area contributed by atoms with E-state index in [1.54, 1.807) is 12.1 Å². The molecule has 1 fully saturated rings. The summed E-state index contributed by atoms with van der Waals surface area (Å²) in [5, 5.41) is 6.70. The second kappa shape index (κ2) is 14.3. The Morgan fingerprint density at radius 2 is 1.49 bits per heavy atom. The monoisotopic (exact) mass is 563 g/mol. The molecular weight excluding hydrogens is 524 g/mol. The molecule has 0 aliphatic carbocycles. The lowest BCUT2D eigenvalue weighted by Gasteiger charge is -2.38. The van der Waals surface area contributed by atoms with Crippen molar-refractivity contribution in [2.45, 2.75) is 25.4 Å². The summed E-state index contributed by atoms with van der Waals surface area (Å²) < 4.78 is 32.5. The Morgan fingerprint density at radius 3 is 2.24 bits per heavy atom. The Morgan fingerprint density at radius 1 is 0.780 bits per heavy atom. The zero-order valence-corrected chi connectivity index (χ0v) is 23.4. The van der Waals surface area contributed by atoms with Crippen LogP contribution in [0.1, 0.15) is 19.3 Å².